The van der Waals surface area contributed by atoms with Crippen LogP contribution in [0.2, 0.25) is 0 Å². The molecule has 0 unspecified atom stereocenters. The Morgan fingerprint density at radius 1 is 1.12 bits per heavy atom. The third-order valence-electron chi connectivity index (χ3n) is 4.59. The van der Waals surface area contributed by atoms with Crippen molar-refractivity contribution in [2.45, 2.75) is 32.1 Å². The Morgan fingerprint density at radius 2 is 1.88 bits per heavy atom. The molecule has 2 N–H and O–H groups in total. The zero-order valence-corrected chi connectivity index (χ0v) is 13.9. The highest BCUT2D eigenvalue weighted by Crippen LogP contribution is 2.41. The van der Waals surface area contributed by atoms with Gasteiger partial charge >= 0.3 is 0 Å². The van der Waals surface area contributed by atoms with Crippen molar-refractivity contribution in [2.24, 2.45) is 0 Å². The first kappa shape index (κ1) is 15.1. The van der Waals surface area contributed by atoms with Gasteiger partial charge in [0.05, 0.1) is 15.5 Å². The van der Waals surface area contributed by atoms with Crippen molar-refractivity contribution in [3.8, 4) is 10.4 Å². The fourth-order valence-electron chi connectivity index (χ4n) is 3.29. The van der Waals surface area contributed by atoms with Gasteiger partial charge in [0.15, 0.2) is 0 Å². The number of nitrogens with zero attached hydrogens (tertiary/aromatic N) is 2. The largest absolute Gasteiger partial charge is 0.397 e. The maximum atomic E-state index is 10.8. The maximum Gasteiger partial charge on any atom is 0.269 e. The monoisotopic (exact) mass is 339 g/mol. The van der Waals surface area contributed by atoms with Gasteiger partial charge in [-0.15, -0.1) is 11.3 Å². The number of nitro groups is 1. The third kappa shape index (κ3) is 2.53. The van der Waals surface area contributed by atoms with E-state index in [2.05, 4.69) is 6.07 Å². The summed E-state index contributed by atoms with van der Waals surface area (Å²) >= 11 is 1.56. The van der Waals surface area contributed by atoms with Crippen LogP contribution < -0.4 is 5.73 Å². The molecule has 0 radical (unpaired) electrons. The predicted molar refractivity (Wildman–Crippen MR) is 97.4 cm³/mol. The van der Waals surface area contributed by atoms with Gasteiger partial charge in [-0.2, -0.15) is 0 Å². The van der Waals surface area contributed by atoms with Gasteiger partial charge < -0.3 is 5.73 Å². The van der Waals surface area contributed by atoms with E-state index < -0.39 is 4.92 Å². The molecule has 2 heterocycles. The molecular formula is C18H17N3O2S. The summed E-state index contributed by atoms with van der Waals surface area (Å²) in [6, 6.07) is 8.74. The molecule has 2 aromatic heterocycles. The Labute approximate surface area is 143 Å². The standard InChI is InChI=1S/C18H17N3O2S/c19-16-14-10-12-4-2-1-3-5-15(12)20-18(14)24-17(16)11-6-8-13(9-7-11)21(22)23/h6-10H,1-5,19H2. The zero-order chi connectivity index (χ0) is 16.7. The second-order valence-corrected chi connectivity index (χ2v) is 7.16. The van der Waals surface area contributed by atoms with Crippen molar-refractivity contribution in [1.29, 1.82) is 0 Å². The minimum absolute atomic E-state index is 0.0864. The number of nitro benzene ring substituents is 1. The van der Waals surface area contributed by atoms with Gasteiger partial charge in [0.1, 0.15) is 4.83 Å². The molecule has 3 aromatic rings. The smallest absolute Gasteiger partial charge is 0.269 e. The van der Waals surface area contributed by atoms with Crippen LogP contribution >= 0.6 is 11.3 Å². The van der Waals surface area contributed by atoms with Crippen molar-refractivity contribution in [3.63, 3.8) is 0 Å². The summed E-state index contributed by atoms with van der Waals surface area (Å²) in [4.78, 5) is 17.2. The number of anilines is 1. The molecule has 0 atom stereocenters. The summed E-state index contributed by atoms with van der Waals surface area (Å²) in [5.41, 5.74) is 10.6. The second-order valence-electron chi connectivity index (χ2n) is 6.16. The molecule has 1 aromatic carbocycles. The number of hydrogen-bond acceptors (Lipinski definition) is 5. The fraction of sp³-hybridized carbons (Fsp3) is 0.278. The Kier molecular flexibility index (Phi) is 3.69. The minimum atomic E-state index is -0.392. The number of hydrogen-bond donors (Lipinski definition) is 1. The lowest BCUT2D eigenvalue weighted by molar-refractivity contribution is -0.384. The second kappa shape index (κ2) is 5.87. The number of fused-ring (bicyclic) bond motifs is 2. The highest BCUT2D eigenvalue weighted by Gasteiger charge is 2.17. The highest BCUT2D eigenvalue weighted by atomic mass is 32.1. The van der Waals surface area contributed by atoms with Gasteiger partial charge in [-0.05, 0) is 55.0 Å². The molecular weight excluding hydrogens is 322 g/mol. The van der Waals surface area contributed by atoms with E-state index in [9.17, 15) is 10.1 Å². The van der Waals surface area contributed by atoms with Crippen LogP contribution in [-0.4, -0.2) is 9.91 Å². The first-order valence-electron chi connectivity index (χ1n) is 8.09. The number of nitrogens with two attached hydrogens (primary N) is 1. The van der Waals surface area contributed by atoms with Crippen molar-refractivity contribution in [1.82, 2.24) is 4.98 Å². The predicted octanol–water partition coefficient (Wildman–Crippen LogP) is 4.72. The lowest BCUT2D eigenvalue weighted by atomic mass is 10.1. The summed E-state index contributed by atoms with van der Waals surface area (Å²) in [7, 11) is 0. The quantitative estimate of drug-likeness (QED) is 0.416. The van der Waals surface area contributed by atoms with Crippen LogP contribution in [0.1, 0.15) is 30.5 Å². The number of aryl methyl sites for hydroxylation is 2. The number of pyridine rings is 1. The molecule has 1 aliphatic carbocycles. The maximum absolute atomic E-state index is 10.8. The molecule has 0 spiro atoms. The van der Waals surface area contributed by atoms with E-state index >= 15 is 0 Å². The first-order chi connectivity index (χ1) is 11.6. The van der Waals surface area contributed by atoms with E-state index in [4.69, 9.17) is 10.7 Å². The number of benzene rings is 1. The Balaban J connectivity index is 1.82. The van der Waals surface area contributed by atoms with Crippen LogP contribution in [0.25, 0.3) is 20.7 Å². The van der Waals surface area contributed by atoms with Crippen LogP contribution in [0.4, 0.5) is 11.4 Å². The molecule has 0 saturated carbocycles. The Hall–Kier alpha value is -2.47. The average Bonchev–Trinajstić information content (AvgIpc) is 2.76. The summed E-state index contributed by atoms with van der Waals surface area (Å²) in [5, 5.41) is 11.8. The molecule has 0 bridgehead atoms. The van der Waals surface area contributed by atoms with Gasteiger partial charge in [-0.1, -0.05) is 6.42 Å². The molecule has 0 aliphatic heterocycles. The van der Waals surface area contributed by atoms with E-state index in [1.807, 2.05) is 0 Å². The van der Waals surface area contributed by atoms with Crippen molar-refractivity contribution in [2.75, 3.05) is 5.73 Å². The molecule has 5 nitrogen and oxygen atoms in total. The molecule has 6 heteroatoms. The number of rotatable bonds is 2. The van der Waals surface area contributed by atoms with Gasteiger partial charge in [0.25, 0.3) is 5.69 Å². The number of aromatic nitrogens is 1. The first-order valence-corrected chi connectivity index (χ1v) is 8.91. The molecule has 4 rings (SSSR count). The van der Waals surface area contributed by atoms with Crippen LogP contribution in [0, 0.1) is 10.1 Å². The van der Waals surface area contributed by atoms with E-state index in [0.29, 0.717) is 0 Å². The van der Waals surface area contributed by atoms with Gasteiger partial charge in [0.2, 0.25) is 0 Å². The normalized spacial score (nSPS) is 14.3. The summed E-state index contributed by atoms with van der Waals surface area (Å²) in [6.45, 7) is 0. The zero-order valence-electron chi connectivity index (χ0n) is 13.1. The average molecular weight is 339 g/mol. The van der Waals surface area contributed by atoms with Crippen molar-refractivity contribution < 1.29 is 4.92 Å². The van der Waals surface area contributed by atoms with E-state index in [1.165, 1.54) is 42.7 Å². The highest BCUT2D eigenvalue weighted by molar-refractivity contribution is 7.22. The summed E-state index contributed by atoms with van der Waals surface area (Å²) in [6.07, 6.45) is 5.77. The van der Waals surface area contributed by atoms with E-state index in [0.717, 1.165) is 39.2 Å². The number of thiophene rings is 1. The Morgan fingerprint density at radius 3 is 2.62 bits per heavy atom. The SMILES string of the molecule is Nc1c(-c2ccc([N+](=O)[O-])cc2)sc2nc3c(cc12)CCCCC3. The lowest BCUT2D eigenvalue weighted by Crippen LogP contribution is -1.95. The molecule has 122 valence electrons. The van der Waals surface area contributed by atoms with Crippen LogP contribution in [0.3, 0.4) is 0 Å². The molecule has 1 aliphatic rings. The van der Waals surface area contributed by atoms with E-state index in [-0.39, 0.29) is 5.69 Å². The van der Waals surface area contributed by atoms with Gasteiger partial charge in [-0.3, -0.25) is 10.1 Å². The van der Waals surface area contributed by atoms with Crippen molar-refractivity contribution in [3.05, 3.63) is 51.7 Å². The summed E-state index contributed by atoms with van der Waals surface area (Å²) in [5.74, 6) is 0. The number of non-ortho nitro benzene ring substituents is 1. The fourth-order valence-corrected chi connectivity index (χ4v) is 4.39. The minimum Gasteiger partial charge on any atom is -0.397 e. The van der Waals surface area contributed by atoms with Gasteiger partial charge in [0, 0.05) is 23.2 Å². The van der Waals surface area contributed by atoms with Crippen molar-refractivity contribution >= 4 is 32.9 Å². The van der Waals surface area contributed by atoms with Crippen LogP contribution in [-0.2, 0) is 12.8 Å². The van der Waals surface area contributed by atoms with E-state index in [1.54, 1.807) is 23.5 Å². The lowest BCUT2D eigenvalue weighted by Gasteiger charge is -2.04. The number of nitrogen functional groups attached to an aromatic ring is 1. The van der Waals surface area contributed by atoms with Gasteiger partial charge in [-0.25, -0.2) is 4.98 Å². The summed E-state index contributed by atoms with van der Waals surface area (Å²) < 4.78 is 0. The molecule has 24 heavy (non-hydrogen) atoms. The van der Waals surface area contributed by atoms with Crippen LogP contribution in [0.15, 0.2) is 30.3 Å². The topological polar surface area (TPSA) is 82.0 Å². The third-order valence-corrected chi connectivity index (χ3v) is 5.75. The molecule has 0 amide bonds. The Bertz CT molecular complexity index is 932. The molecule has 0 fully saturated rings. The molecule has 0 saturated heterocycles. The van der Waals surface area contributed by atoms with Crippen LogP contribution in [0.5, 0.6) is 0 Å².